The largest absolute Gasteiger partial charge is 0.508 e. The van der Waals surface area contributed by atoms with Gasteiger partial charge in [-0.3, -0.25) is 9.59 Å². The van der Waals surface area contributed by atoms with Gasteiger partial charge in [0.05, 0.1) is 11.3 Å². The van der Waals surface area contributed by atoms with Crippen LogP contribution in [0.1, 0.15) is 46.1 Å². The van der Waals surface area contributed by atoms with Crippen LogP contribution < -0.4 is 4.90 Å². The summed E-state index contributed by atoms with van der Waals surface area (Å²) in [6.07, 6.45) is -1.28. The van der Waals surface area contributed by atoms with E-state index in [1.165, 1.54) is 26.3 Å². The minimum atomic E-state index is -4.60. The number of anilines is 1. The van der Waals surface area contributed by atoms with E-state index in [1.54, 1.807) is 25.3 Å². The van der Waals surface area contributed by atoms with Crippen molar-refractivity contribution in [1.29, 1.82) is 0 Å². The number of hydrogen-bond donors (Lipinski definition) is 1. The van der Waals surface area contributed by atoms with Crippen LogP contribution in [0.2, 0.25) is 0 Å². The van der Waals surface area contributed by atoms with Gasteiger partial charge in [0.25, 0.3) is 5.91 Å². The molecule has 3 aromatic rings. The van der Waals surface area contributed by atoms with E-state index in [2.05, 4.69) is 4.98 Å². The SMILES string of the molecule is Cc1c(C(=O)N2CCN(c3ccc(O)cc3)C(=O)C2)nc2c(C(F)(F)F)cc(C3CC3)cn12. The number of aromatic nitrogens is 2. The number of carbonyl (C=O) groups is 2. The van der Waals surface area contributed by atoms with Crippen LogP contribution in [0.5, 0.6) is 5.75 Å². The molecule has 0 unspecified atom stereocenters. The molecule has 2 aromatic heterocycles. The second-order valence-electron chi connectivity index (χ2n) is 8.49. The van der Waals surface area contributed by atoms with Crippen LogP contribution in [0.3, 0.4) is 0 Å². The maximum Gasteiger partial charge on any atom is 0.419 e. The molecule has 10 heteroatoms. The fourth-order valence-corrected chi connectivity index (χ4v) is 4.23. The normalized spacial score (nSPS) is 17.2. The maximum atomic E-state index is 13.7. The van der Waals surface area contributed by atoms with Crippen LogP contribution >= 0.6 is 0 Å². The van der Waals surface area contributed by atoms with Crippen molar-refractivity contribution < 1.29 is 27.9 Å². The fraction of sp³-hybridized carbons (Fsp3) is 0.348. The van der Waals surface area contributed by atoms with Crippen LogP contribution in [0, 0.1) is 6.92 Å². The number of piperazine rings is 1. The number of alkyl halides is 3. The van der Waals surface area contributed by atoms with Crippen molar-refractivity contribution in [2.45, 2.75) is 31.9 Å². The highest BCUT2D eigenvalue weighted by molar-refractivity contribution is 6.01. The van der Waals surface area contributed by atoms with E-state index in [1.807, 2.05) is 0 Å². The smallest absolute Gasteiger partial charge is 0.419 e. The van der Waals surface area contributed by atoms with Crippen molar-refractivity contribution in [3.63, 3.8) is 0 Å². The number of benzene rings is 1. The summed E-state index contributed by atoms with van der Waals surface area (Å²) in [5, 5.41) is 9.43. The Morgan fingerprint density at radius 3 is 2.45 bits per heavy atom. The molecule has 172 valence electrons. The van der Waals surface area contributed by atoms with Crippen LogP contribution in [0.4, 0.5) is 18.9 Å². The van der Waals surface area contributed by atoms with E-state index in [0.29, 0.717) is 16.9 Å². The van der Waals surface area contributed by atoms with Crippen LogP contribution in [0.15, 0.2) is 36.5 Å². The molecule has 0 radical (unpaired) electrons. The molecule has 1 aromatic carbocycles. The van der Waals surface area contributed by atoms with Crippen molar-refractivity contribution in [3.8, 4) is 5.75 Å². The van der Waals surface area contributed by atoms with E-state index in [4.69, 9.17) is 0 Å². The average molecular weight is 458 g/mol. The number of imidazole rings is 1. The second-order valence-corrected chi connectivity index (χ2v) is 8.49. The number of carbonyl (C=O) groups excluding carboxylic acids is 2. The van der Waals surface area contributed by atoms with E-state index in [-0.39, 0.29) is 48.5 Å². The van der Waals surface area contributed by atoms with Gasteiger partial charge in [-0.05, 0) is 61.6 Å². The zero-order valence-electron chi connectivity index (χ0n) is 17.8. The summed E-state index contributed by atoms with van der Waals surface area (Å²) < 4.78 is 42.6. The Labute approximate surface area is 187 Å². The fourth-order valence-electron chi connectivity index (χ4n) is 4.23. The number of amides is 2. The Balaban J connectivity index is 1.45. The van der Waals surface area contributed by atoms with Crippen molar-refractivity contribution in [2.75, 3.05) is 24.5 Å². The first-order valence-corrected chi connectivity index (χ1v) is 10.6. The Hall–Kier alpha value is -3.56. The molecule has 2 aliphatic rings. The Kier molecular flexibility index (Phi) is 4.84. The summed E-state index contributed by atoms with van der Waals surface area (Å²) in [5.74, 6) is -0.725. The molecule has 2 fully saturated rings. The zero-order chi connectivity index (χ0) is 23.5. The molecule has 1 N–H and O–H groups in total. The van der Waals surface area contributed by atoms with Gasteiger partial charge < -0.3 is 19.3 Å². The van der Waals surface area contributed by atoms with Crippen molar-refractivity contribution in [2.24, 2.45) is 0 Å². The molecule has 0 atom stereocenters. The first kappa shape index (κ1) is 21.3. The first-order chi connectivity index (χ1) is 15.6. The van der Waals surface area contributed by atoms with E-state index in [0.717, 1.165) is 18.9 Å². The topological polar surface area (TPSA) is 78.2 Å². The van der Waals surface area contributed by atoms with Crippen LogP contribution in [-0.4, -0.2) is 50.8 Å². The van der Waals surface area contributed by atoms with E-state index in [9.17, 15) is 27.9 Å². The summed E-state index contributed by atoms with van der Waals surface area (Å²) in [6, 6.07) is 7.27. The molecule has 1 aliphatic heterocycles. The highest BCUT2D eigenvalue weighted by Crippen LogP contribution is 2.43. The predicted molar refractivity (Wildman–Crippen MR) is 113 cm³/mol. The molecule has 2 amide bonds. The quantitative estimate of drug-likeness (QED) is 0.649. The highest BCUT2D eigenvalue weighted by Gasteiger charge is 2.38. The summed E-state index contributed by atoms with van der Waals surface area (Å²) in [6.45, 7) is 1.78. The van der Waals surface area contributed by atoms with Crippen LogP contribution in [0.25, 0.3) is 5.65 Å². The van der Waals surface area contributed by atoms with E-state index >= 15 is 0 Å². The number of phenolic OH excluding ortho intramolecular Hbond substituents is 1. The molecule has 33 heavy (non-hydrogen) atoms. The van der Waals surface area contributed by atoms with Crippen molar-refractivity contribution >= 4 is 23.1 Å². The summed E-state index contributed by atoms with van der Waals surface area (Å²) >= 11 is 0. The Morgan fingerprint density at radius 2 is 1.85 bits per heavy atom. The lowest BCUT2D eigenvalue weighted by Gasteiger charge is -2.34. The van der Waals surface area contributed by atoms with Gasteiger partial charge in [-0.2, -0.15) is 13.2 Å². The van der Waals surface area contributed by atoms with Gasteiger partial charge in [0.1, 0.15) is 23.6 Å². The molecule has 5 rings (SSSR count). The van der Waals surface area contributed by atoms with Gasteiger partial charge in [-0.15, -0.1) is 0 Å². The third kappa shape index (κ3) is 3.79. The number of phenols is 1. The highest BCUT2D eigenvalue weighted by atomic mass is 19.4. The molecular formula is C23H21F3N4O3. The van der Waals surface area contributed by atoms with Gasteiger partial charge in [-0.25, -0.2) is 4.98 Å². The summed E-state index contributed by atoms with van der Waals surface area (Å²) in [5.41, 5.74) is 0.253. The molecule has 0 spiro atoms. The number of aryl methyl sites for hydroxylation is 1. The van der Waals surface area contributed by atoms with Crippen molar-refractivity contribution in [3.05, 3.63) is 59.0 Å². The number of hydrogen-bond acceptors (Lipinski definition) is 4. The van der Waals surface area contributed by atoms with Gasteiger partial charge in [0, 0.05) is 25.0 Å². The number of pyridine rings is 1. The minimum Gasteiger partial charge on any atom is -0.508 e. The third-order valence-corrected chi connectivity index (χ3v) is 6.21. The average Bonchev–Trinajstić information content (AvgIpc) is 3.57. The zero-order valence-corrected chi connectivity index (χ0v) is 17.8. The number of rotatable bonds is 3. The number of nitrogens with zero attached hydrogens (tertiary/aromatic N) is 4. The standard InChI is InChI=1S/C23H21F3N4O3/c1-13-20(27-21-18(23(24,25)26)10-15(11-30(13)21)14-2-3-14)22(33)28-8-9-29(19(32)12-28)16-4-6-17(31)7-5-16/h4-7,10-11,14,31H,2-3,8-9,12H2,1H3. The van der Waals surface area contributed by atoms with Gasteiger partial charge in [0.15, 0.2) is 0 Å². The van der Waals surface area contributed by atoms with Gasteiger partial charge >= 0.3 is 6.18 Å². The van der Waals surface area contributed by atoms with Gasteiger partial charge in [0.2, 0.25) is 5.91 Å². The molecule has 0 bridgehead atoms. The predicted octanol–water partition coefficient (Wildman–Crippen LogP) is 3.73. The lowest BCUT2D eigenvalue weighted by atomic mass is 10.1. The summed E-state index contributed by atoms with van der Waals surface area (Å²) in [7, 11) is 0. The third-order valence-electron chi connectivity index (χ3n) is 6.21. The Morgan fingerprint density at radius 1 is 1.15 bits per heavy atom. The number of fused-ring (bicyclic) bond motifs is 1. The maximum absolute atomic E-state index is 13.7. The molecule has 7 nitrogen and oxygen atoms in total. The molecule has 1 saturated heterocycles. The lowest BCUT2D eigenvalue weighted by Crippen LogP contribution is -2.52. The Bertz CT molecular complexity index is 1260. The van der Waals surface area contributed by atoms with Gasteiger partial charge in [-0.1, -0.05) is 0 Å². The first-order valence-electron chi connectivity index (χ1n) is 10.6. The number of aromatic hydroxyl groups is 1. The molecule has 1 saturated carbocycles. The summed E-state index contributed by atoms with van der Waals surface area (Å²) in [4.78, 5) is 32.8. The minimum absolute atomic E-state index is 0.0744. The van der Waals surface area contributed by atoms with Crippen molar-refractivity contribution in [1.82, 2.24) is 14.3 Å². The lowest BCUT2D eigenvalue weighted by molar-refractivity contribution is -0.136. The second kappa shape index (κ2) is 7.50. The molecule has 1 aliphatic carbocycles. The number of halogens is 3. The van der Waals surface area contributed by atoms with E-state index < -0.39 is 17.6 Å². The van der Waals surface area contributed by atoms with Crippen LogP contribution in [-0.2, 0) is 11.0 Å². The molecular weight excluding hydrogens is 437 g/mol. The molecule has 3 heterocycles. The monoisotopic (exact) mass is 458 g/mol.